The smallest absolute Gasteiger partial charge is 0.243 e. The van der Waals surface area contributed by atoms with Crippen LogP contribution >= 0.6 is 67.9 Å². The molecule has 91 heavy (non-hydrogen) atoms. The van der Waals surface area contributed by atoms with Crippen LogP contribution in [0, 0.1) is 51.4 Å². The van der Waals surface area contributed by atoms with Crippen molar-refractivity contribution in [2.75, 3.05) is 105 Å². The largest absolute Gasteiger partial charge is 0.317 e. The average Bonchev–Trinajstić information content (AvgIpc) is 1.92. The third kappa shape index (κ3) is 31.6. The lowest BCUT2D eigenvalue weighted by Gasteiger charge is -2.27. The quantitative estimate of drug-likeness (QED) is 0.0307. The summed E-state index contributed by atoms with van der Waals surface area (Å²) in [7, 11) is -15.6. The number of hydrogen-bond acceptors (Lipinski definition) is 12. The fourth-order valence-electron chi connectivity index (χ4n) is 10.0. The molecule has 0 aromatic heterocycles. The fraction of sp³-hybridized carbons (Fsp3) is 0.642. The van der Waals surface area contributed by atoms with Gasteiger partial charge in [-0.15, -0.1) is 67.9 Å². The molecule has 4 aliphatic carbocycles. The van der Waals surface area contributed by atoms with Crippen LogP contribution in [0.15, 0.2) is 117 Å². The van der Waals surface area contributed by atoms with Crippen molar-refractivity contribution in [3.8, 4) is 0 Å². The second kappa shape index (κ2) is 44.2. The Morgan fingerprint density at radius 1 is 0.308 bits per heavy atom. The number of rotatable bonds is 42. The summed E-state index contributed by atoms with van der Waals surface area (Å²) in [4.78, 5) is 0.679. The van der Waals surface area contributed by atoms with Crippen LogP contribution in [-0.4, -0.2) is 156 Å². The summed E-state index contributed by atoms with van der Waals surface area (Å²) in [6, 6.07) is 26.8. The van der Waals surface area contributed by atoms with Crippen molar-refractivity contribution in [3.63, 3.8) is 0 Å². The Kier molecular flexibility index (Phi) is 41.5. The minimum atomic E-state index is -3.99. The number of halogens is 4. The number of nitrogens with one attached hydrogen (secondary N) is 4. The van der Waals surface area contributed by atoms with E-state index in [-0.39, 0.29) is 151 Å². The summed E-state index contributed by atoms with van der Waals surface area (Å²) >= 11 is 0. The van der Waals surface area contributed by atoms with Gasteiger partial charge in [-0.05, 0) is 255 Å². The van der Waals surface area contributed by atoms with Crippen molar-refractivity contribution in [2.45, 2.75) is 170 Å². The summed E-state index contributed by atoms with van der Waals surface area (Å²) in [5.74, 6) is 2.57. The number of hydrogen-bond donors (Lipinski definition) is 4. The minimum absolute atomic E-state index is 0. The Labute approximate surface area is 593 Å². The van der Waals surface area contributed by atoms with Gasteiger partial charge >= 0.3 is 0 Å². The Hall–Kier alpha value is -1.72. The molecule has 4 N–H and O–H groups in total. The minimum Gasteiger partial charge on any atom is -0.317 e. The Bertz CT molecular complexity index is 2860. The van der Waals surface area contributed by atoms with Gasteiger partial charge in [0.1, 0.15) is 0 Å². The molecule has 4 aromatic carbocycles. The maximum atomic E-state index is 14.2. The van der Waals surface area contributed by atoms with Gasteiger partial charge in [0.2, 0.25) is 40.1 Å². The van der Waals surface area contributed by atoms with Gasteiger partial charge in [-0.2, -0.15) is 17.2 Å². The van der Waals surface area contributed by atoms with E-state index in [2.05, 4.69) is 35.1 Å². The van der Waals surface area contributed by atoms with E-state index in [1.54, 1.807) is 97.1 Å². The lowest BCUT2D eigenvalue weighted by molar-refractivity contribution is 0.331. The molecule has 0 bridgehead atoms. The highest BCUT2D eigenvalue weighted by atomic mass is 79.9. The molecule has 4 saturated carbocycles. The summed E-state index contributed by atoms with van der Waals surface area (Å²) in [6.07, 6.45) is 17.2. The molecule has 0 unspecified atom stereocenters. The van der Waals surface area contributed by atoms with Crippen LogP contribution in [0.4, 0.5) is 0 Å². The highest BCUT2D eigenvalue weighted by molar-refractivity contribution is 8.93. The van der Waals surface area contributed by atoms with Gasteiger partial charge in [-0.3, -0.25) is 0 Å². The van der Waals surface area contributed by atoms with Crippen LogP contribution in [0.25, 0.3) is 0 Å². The molecule has 0 heterocycles. The first-order valence-corrected chi connectivity index (χ1v) is 38.6. The second-order valence-corrected chi connectivity index (χ2v) is 32.8. The van der Waals surface area contributed by atoms with Gasteiger partial charge in [-0.1, -0.05) is 91.1 Å². The van der Waals surface area contributed by atoms with Crippen molar-refractivity contribution in [3.05, 3.63) is 119 Å². The van der Waals surface area contributed by atoms with E-state index in [0.717, 1.165) is 72.9 Å². The molecule has 520 valence electrons. The molecule has 16 nitrogen and oxygen atoms in total. The van der Waals surface area contributed by atoms with Gasteiger partial charge in [-0.25, -0.2) is 33.7 Å². The zero-order valence-electron chi connectivity index (χ0n) is 55.2. The molecule has 0 aliphatic heterocycles. The average molecular weight is 1610 g/mol. The molecule has 0 radical (unpaired) electrons. The first-order chi connectivity index (χ1) is 41.7. The zero-order chi connectivity index (χ0) is 62.7. The fourth-order valence-corrected chi connectivity index (χ4v) is 16.2. The van der Waals surface area contributed by atoms with E-state index in [4.69, 9.17) is 0 Å². The van der Waals surface area contributed by atoms with Crippen molar-refractivity contribution < 1.29 is 33.7 Å². The van der Waals surface area contributed by atoms with E-state index in [1.165, 1.54) is 114 Å². The number of sulfonamides is 4. The number of unbranched alkanes of at least 4 members (excludes halogenated alkanes) is 2. The predicted octanol–water partition coefficient (Wildman–Crippen LogP) is 12.8. The number of benzene rings is 4. The first kappa shape index (κ1) is 85.4. The summed E-state index contributed by atoms with van der Waals surface area (Å²) < 4.78 is 118. The highest BCUT2D eigenvalue weighted by Gasteiger charge is 2.35. The molecule has 4 aliphatic rings. The van der Waals surface area contributed by atoms with E-state index >= 15 is 0 Å². The third-order valence-corrected chi connectivity index (χ3v) is 23.9. The number of aryl methyl sites for hydroxylation is 4. The SMILES string of the molecule is Br.Br.Br.Br.C(CCNCCCNCC1CC1)CNCCCNCC1CC1.CCC.Cc1ccc(S(=O)(=O)N(CCCCN(CCCN(CC2CC2)S(=O)(=O)c2ccc(C)cc2)S(=O)(=O)c2ccc(C)cc2)CCCN(CC2CC2)S(=O)(=O)c2ccc(C)cc2)cc1. The second-order valence-electron chi connectivity index (χ2n) is 25.0. The topological polar surface area (TPSA) is 198 Å². The Morgan fingerprint density at radius 2 is 0.527 bits per heavy atom. The molecule has 4 fully saturated rings. The van der Waals surface area contributed by atoms with Gasteiger partial charge in [0.25, 0.3) is 0 Å². The summed E-state index contributed by atoms with van der Waals surface area (Å²) in [5, 5.41) is 14.2. The summed E-state index contributed by atoms with van der Waals surface area (Å²) in [5.41, 5.74) is 3.72. The lowest BCUT2D eigenvalue weighted by atomic mass is 10.2. The van der Waals surface area contributed by atoms with Crippen molar-refractivity contribution >= 4 is 108 Å². The maximum absolute atomic E-state index is 14.2. The van der Waals surface area contributed by atoms with Gasteiger partial charge < -0.3 is 21.3 Å². The van der Waals surface area contributed by atoms with E-state index in [1.807, 2.05) is 27.7 Å². The van der Waals surface area contributed by atoms with Crippen LogP contribution < -0.4 is 21.3 Å². The van der Waals surface area contributed by atoms with E-state index in [9.17, 15) is 33.7 Å². The van der Waals surface area contributed by atoms with Gasteiger partial charge in [0.15, 0.2) is 0 Å². The summed E-state index contributed by atoms with van der Waals surface area (Å²) in [6.45, 7) is 22.7. The molecule has 0 saturated heterocycles. The zero-order valence-corrected chi connectivity index (χ0v) is 65.3. The monoisotopic (exact) mass is 1600 g/mol. The molecule has 0 atom stereocenters. The molecular weight excluding hydrogens is 1490 g/mol. The number of nitrogens with zero attached hydrogens (tertiary/aromatic N) is 4. The normalized spacial score (nSPS) is 15.0. The molecule has 4 aromatic rings. The molecule has 8 rings (SSSR count). The molecule has 0 amide bonds. The van der Waals surface area contributed by atoms with E-state index in [0.29, 0.717) is 25.9 Å². The van der Waals surface area contributed by atoms with Crippen LogP contribution in [0.1, 0.15) is 145 Å². The molecule has 24 heteroatoms. The maximum Gasteiger partial charge on any atom is 0.243 e. The lowest BCUT2D eigenvalue weighted by Crippen LogP contribution is -2.39. The molecular formula is C67H112Br4N8O8S4. The Morgan fingerprint density at radius 3 is 0.791 bits per heavy atom. The van der Waals surface area contributed by atoms with Crippen LogP contribution in [0.3, 0.4) is 0 Å². The van der Waals surface area contributed by atoms with Crippen LogP contribution in [0.5, 0.6) is 0 Å². The first-order valence-electron chi connectivity index (χ1n) is 32.8. The Balaban J connectivity index is 0.000000818. The van der Waals surface area contributed by atoms with Crippen LogP contribution in [-0.2, 0) is 40.1 Å². The van der Waals surface area contributed by atoms with Gasteiger partial charge in [0, 0.05) is 52.4 Å². The molecule has 0 spiro atoms. The van der Waals surface area contributed by atoms with Crippen LogP contribution in [0.2, 0.25) is 0 Å². The third-order valence-electron chi connectivity index (χ3n) is 16.3. The van der Waals surface area contributed by atoms with Crippen molar-refractivity contribution in [1.82, 2.24) is 38.5 Å². The van der Waals surface area contributed by atoms with Crippen molar-refractivity contribution in [1.29, 1.82) is 0 Å². The predicted molar refractivity (Wildman–Crippen MR) is 396 cm³/mol. The standard InChI is InChI=1S/C46H62N4O8S4.C18H38N4.C3H8.4BrH/c1-37-9-21-43(22-10-37)59(51,52)47(31-7-33-49(35-41-17-18-41)61(55,56)45-25-13-39(3)14-26-45)29-5-6-30-48(60(53,54)44-23-11-38(2)12-24-44)32-8-34-50(36-42-19-20-42)62(57,58)46-27-15-40(4)16-28-46;1(9-19-11-3-13-21-15-17-5-6-17)2-10-20-12-4-14-22-16-18-7-8-18;1-3-2;;;;/h9-16,21-28,41-42H,5-8,17-20,29-36H2,1-4H3;17-22H,1-16H2;3H2,1-2H3;4*1H. The van der Waals surface area contributed by atoms with Gasteiger partial charge in [0.05, 0.1) is 19.6 Å². The highest BCUT2D eigenvalue weighted by Crippen LogP contribution is 2.34. The van der Waals surface area contributed by atoms with E-state index < -0.39 is 40.1 Å². The van der Waals surface area contributed by atoms with Crippen molar-refractivity contribution in [2.24, 2.45) is 23.7 Å².